The summed E-state index contributed by atoms with van der Waals surface area (Å²) in [6, 6.07) is 14.6. The maximum absolute atomic E-state index is 13.6. The van der Waals surface area contributed by atoms with Crippen LogP contribution in [0.2, 0.25) is 0 Å². The molecule has 0 atom stereocenters. The summed E-state index contributed by atoms with van der Waals surface area (Å²) in [6.45, 7) is 0. The summed E-state index contributed by atoms with van der Waals surface area (Å²) in [4.78, 5) is 5.39. The number of nitrogens with zero attached hydrogens (tertiary/aromatic N) is 6. The van der Waals surface area contributed by atoms with Crippen LogP contribution in [0.3, 0.4) is 0 Å². The summed E-state index contributed by atoms with van der Waals surface area (Å²) in [5.74, 6) is 0. The predicted molar refractivity (Wildman–Crippen MR) is 176 cm³/mol. The van der Waals surface area contributed by atoms with E-state index in [1.165, 1.54) is 0 Å². The van der Waals surface area contributed by atoms with Crippen LogP contribution >= 0.6 is 0 Å². The SMILES string of the molecule is N#CC(C#N)=c1c2oc3cc(-c4cc(C(F)(F)F)nc(C(F)(F)F)c4)ccc3c2c(=C(C#N)C#N)c2oc3cc(-c4cc(C(F)(F)F)nc(C(F)(F)F)c4)ccc3c12. The molecule has 0 aliphatic rings. The fourth-order valence-corrected chi connectivity index (χ4v) is 6.35. The van der Waals surface area contributed by atoms with E-state index in [9.17, 15) is 73.7 Å². The number of pyridine rings is 2. The zero-order valence-corrected chi connectivity index (χ0v) is 27.8. The fraction of sp³-hybridized carbons (Fsp3) is 0.105. The lowest BCUT2D eigenvalue weighted by molar-refractivity contribution is -0.151. The highest BCUT2D eigenvalue weighted by Gasteiger charge is 2.40. The van der Waals surface area contributed by atoms with Gasteiger partial charge in [-0.15, -0.1) is 0 Å². The summed E-state index contributed by atoms with van der Waals surface area (Å²) >= 11 is 0. The summed E-state index contributed by atoms with van der Waals surface area (Å²) in [6.07, 6.45) is -21.2. The Labute approximate surface area is 312 Å². The van der Waals surface area contributed by atoms with Gasteiger partial charge in [0.1, 0.15) is 80.5 Å². The lowest BCUT2D eigenvalue weighted by Crippen LogP contribution is -2.16. The zero-order chi connectivity index (χ0) is 42.3. The molecule has 0 radical (unpaired) electrons. The molecule has 0 spiro atoms. The van der Waals surface area contributed by atoms with Gasteiger partial charge in [-0.2, -0.15) is 73.7 Å². The number of nitriles is 4. The Morgan fingerprint density at radius 1 is 0.431 bits per heavy atom. The van der Waals surface area contributed by atoms with Crippen molar-refractivity contribution in [2.75, 3.05) is 0 Å². The minimum absolute atomic E-state index is 0.0476. The first kappa shape index (κ1) is 38.7. The molecule has 0 aliphatic heterocycles. The number of fused-ring (bicyclic) bond motifs is 6. The molecule has 0 saturated heterocycles. The van der Waals surface area contributed by atoms with Gasteiger partial charge in [-0.25, -0.2) is 9.97 Å². The van der Waals surface area contributed by atoms with Crippen molar-refractivity contribution in [2.45, 2.75) is 24.7 Å². The molecule has 0 bridgehead atoms. The molecule has 0 unspecified atom stereocenters. The van der Waals surface area contributed by atoms with Crippen molar-refractivity contribution < 1.29 is 61.5 Å². The van der Waals surface area contributed by atoms with Gasteiger partial charge in [0, 0.05) is 21.5 Å². The predicted octanol–water partition coefficient (Wildman–Crippen LogP) is 10.1. The van der Waals surface area contributed by atoms with Crippen molar-refractivity contribution in [1.82, 2.24) is 9.97 Å². The number of hydrogen-bond donors (Lipinski definition) is 0. The van der Waals surface area contributed by atoms with Crippen LogP contribution in [0.15, 0.2) is 69.5 Å². The summed E-state index contributed by atoms with van der Waals surface area (Å²) in [5.41, 5.74) is -11.9. The van der Waals surface area contributed by atoms with Gasteiger partial charge in [-0.05, 0) is 70.8 Å². The quantitative estimate of drug-likeness (QED) is 0.157. The van der Waals surface area contributed by atoms with Crippen LogP contribution in [0, 0.1) is 45.3 Å². The van der Waals surface area contributed by atoms with Crippen LogP contribution in [-0.4, -0.2) is 9.97 Å². The van der Waals surface area contributed by atoms with Crippen molar-refractivity contribution in [3.05, 3.63) is 93.9 Å². The first-order chi connectivity index (χ1) is 27.1. The minimum atomic E-state index is -5.29. The van der Waals surface area contributed by atoms with Crippen molar-refractivity contribution in [2.24, 2.45) is 0 Å². The Kier molecular flexibility index (Phi) is 8.67. The van der Waals surface area contributed by atoms with Crippen LogP contribution in [0.4, 0.5) is 52.7 Å². The molecule has 0 aliphatic carbocycles. The second kappa shape index (κ2) is 13.0. The van der Waals surface area contributed by atoms with Gasteiger partial charge in [-0.1, -0.05) is 12.1 Å². The second-order valence-electron chi connectivity index (χ2n) is 12.2. The van der Waals surface area contributed by atoms with E-state index in [2.05, 4.69) is 9.97 Å². The van der Waals surface area contributed by atoms with E-state index in [4.69, 9.17) is 8.83 Å². The molecule has 0 fully saturated rings. The third-order valence-electron chi connectivity index (χ3n) is 8.76. The summed E-state index contributed by atoms with van der Waals surface area (Å²) < 4.78 is 175. The van der Waals surface area contributed by atoms with Crippen LogP contribution < -0.4 is 10.4 Å². The molecule has 4 heterocycles. The summed E-state index contributed by atoms with van der Waals surface area (Å²) in [7, 11) is 0. The molecule has 8 nitrogen and oxygen atoms in total. The molecule has 4 aromatic heterocycles. The molecular formula is C38H10F12N6O2. The van der Waals surface area contributed by atoms with Gasteiger partial charge >= 0.3 is 24.7 Å². The van der Waals surface area contributed by atoms with Gasteiger partial charge in [-0.3, -0.25) is 0 Å². The second-order valence-corrected chi connectivity index (χ2v) is 12.2. The summed E-state index contributed by atoms with van der Waals surface area (Å²) in [5, 5.41) is 39.0. The van der Waals surface area contributed by atoms with E-state index in [0.29, 0.717) is 24.3 Å². The molecule has 288 valence electrons. The Bertz CT molecular complexity index is 2920. The highest BCUT2D eigenvalue weighted by Crippen LogP contribution is 2.41. The third-order valence-corrected chi connectivity index (χ3v) is 8.76. The number of benzene rings is 3. The van der Waals surface area contributed by atoms with Crippen LogP contribution in [0.5, 0.6) is 0 Å². The van der Waals surface area contributed by atoms with Crippen molar-refractivity contribution in [1.29, 1.82) is 21.0 Å². The first-order valence-electron chi connectivity index (χ1n) is 15.7. The van der Waals surface area contributed by atoms with E-state index in [-0.39, 0.29) is 65.4 Å². The fourth-order valence-electron chi connectivity index (χ4n) is 6.35. The highest BCUT2D eigenvalue weighted by molar-refractivity contribution is 6.18. The molecule has 0 saturated carbocycles. The number of rotatable bonds is 2. The maximum Gasteiger partial charge on any atom is 0.433 e. The normalized spacial score (nSPS) is 12.4. The van der Waals surface area contributed by atoms with Crippen LogP contribution in [-0.2, 0) is 24.7 Å². The molecule has 3 aromatic carbocycles. The average molecular weight is 811 g/mol. The molecule has 0 amide bonds. The Morgan fingerprint density at radius 3 is 0.983 bits per heavy atom. The first-order valence-corrected chi connectivity index (χ1v) is 15.7. The van der Waals surface area contributed by atoms with E-state index >= 15 is 0 Å². The topological polar surface area (TPSA) is 147 Å². The average Bonchev–Trinajstić information content (AvgIpc) is 3.72. The van der Waals surface area contributed by atoms with E-state index in [0.717, 1.165) is 36.4 Å². The lowest BCUT2D eigenvalue weighted by Gasteiger charge is -2.13. The van der Waals surface area contributed by atoms with Gasteiger partial charge in [0.2, 0.25) is 0 Å². The van der Waals surface area contributed by atoms with Gasteiger partial charge in [0.25, 0.3) is 0 Å². The number of hydrogen-bond acceptors (Lipinski definition) is 8. The van der Waals surface area contributed by atoms with Gasteiger partial charge in [0.15, 0.2) is 0 Å². The van der Waals surface area contributed by atoms with Crippen LogP contribution in [0.25, 0.3) is 77.3 Å². The number of halogens is 12. The maximum atomic E-state index is 13.6. The third kappa shape index (κ3) is 6.40. The van der Waals surface area contributed by atoms with Crippen molar-refractivity contribution in [3.63, 3.8) is 0 Å². The molecule has 20 heteroatoms. The monoisotopic (exact) mass is 810 g/mol. The van der Waals surface area contributed by atoms with Gasteiger partial charge in [0.05, 0.1) is 10.4 Å². The van der Waals surface area contributed by atoms with E-state index in [1.807, 2.05) is 0 Å². The number of furan rings is 2. The largest absolute Gasteiger partial charge is 0.455 e. The smallest absolute Gasteiger partial charge is 0.433 e. The van der Waals surface area contributed by atoms with Crippen molar-refractivity contribution >= 4 is 55.0 Å². The molecule has 7 rings (SSSR count). The Balaban J connectivity index is 1.60. The van der Waals surface area contributed by atoms with Gasteiger partial charge < -0.3 is 8.83 Å². The van der Waals surface area contributed by atoms with E-state index < -0.39 is 69.8 Å². The Hall–Kier alpha value is -7.58. The van der Waals surface area contributed by atoms with E-state index in [1.54, 1.807) is 24.3 Å². The zero-order valence-electron chi connectivity index (χ0n) is 27.8. The molecule has 58 heavy (non-hydrogen) atoms. The number of aromatic nitrogens is 2. The Morgan fingerprint density at radius 2 is 0.724 bits per heavy atom. The van der Waals surface area contributed by atoms with Crippen molar-refractivity contribution in [3.8, 4) is 46.5 Å². The standard InChI is InChI=1S/C38H10F12N6O2/c39-35(40,41)25-7-17(8-26(55-25)36(42,43)44)15-1-3-21-23(5-15)57-33-30(20(13-53)14-54)32-22-4-2-16(6-24(22)58-34(32)29(31(21)33)19(11-51)12-52)18-9-27(37(45,46)47)56-28(10-18)38(48,49)50/h1-10H. The molecule has 7 aromatic rings. The minimum Gasteiger partial charge on any atom is -0.455 e. The van der Waals surface area contributed by atoms with Crippen LogP contribution in [0.1, 0.15) is 22.8 Å². The molecule has 0 N–H and O–H groups in total. The molecular weight excluding hydrogens is 800 g/mol. The highest BCUT2D eigenvalue weighted by atomic mass is 19.4. The lowest BCUT2D eigenvalue weighted by atomic mass is 9.97. The number of alkyl halides is 12.